The first-order valence-corrected chi connectivity index (χ1v) is 10.2. The van der Waals surface area contributed by atoms with E-state index < -0.39 is 0 Å². The van der Waals surface area contributed by atoms with Crippen LogP contribution in [0.1, 0.15) is 19.8 Å². The fourth-order valence-electron chi connectivity index (χ4n) is 3.72. The van der Waals surface area contributed by atoms with Crippen LogP contribution in [-0.4, -0.2) is 80.8 Å². The fraction of sp³-hybridized carbons (Fsp3) is 0.619. The maximum atomic E-state index is 12.7. The van der Waals surface area contributed by atoms with E-state index in [2.05, 4.69) is 15.2 Å². The number of morpholine rings is 1. The molecule has 162 valence electrons. The minimum Gasteiger partial charge on any atom is -0.489 e. The molecule has 0 bridgehead atoms. The number of carbonyl (C=O) groups excluding carboxylic acids is 1. The Labute approximate surface area is 190 Å². The van der Waals surface area contributed by atoms with E-state index in [1.807, 2.05) is 42.2 Å². The second-order valence-corrected chi connectivity index (χ2v) is 7.37. The van der Waals surface area contributed by atoms with Crippen molar-refractivity contribution >= 4 is 35.8 Å². The van der Waals surface area contributed by atoms with E-state index in [-0.39, 0.29) is 41.9 Å². The zero-order valence-corrected chi connectivity index (χ0v) is 19.7. The third kappa shape index (κ3) is 7.02. The Bertz CT molecular complexity index is 645. The second kappa shape index (κ2) is 12.2. The average Bonchev–Trinajstić information content (AvgIpc) is 2.75. The molecule has 3 rings (SSSR count). The van der Waals surface area contributed by atoms with E-state index in [1.165, 1.54) is 0 Å². The largest absolute Gasteiger partial charge is 0.489 e. The van der Waals surface area contributed by atoms with Crippen LogP contribution in [0, 0.1) is 5.92 Å². The number of hydrogen-bond acceptors (Lipinski definition) is 4. The molecule has 1 N–H and O–H groups in total. The monoisotopic (exact) mass is 516 g/mol. The van der Waals surface area contributed by atoms with Crippen molar-refractivity contribution in [3.8, 4) is 5.75 Å². The Morgan fingerprint density at radius 2 is 1.83 bits per heavy atom. The summed E-state index contributed by atoms with van der Waals surface area (Å²) in [6.07, 6.45) is 1.76. The molecule has 0 radical (unpaired) electrons. The summed E-state index contributed by atoms with van der Waals surface area (Å²) in [6.45, 7) is 7.16. The Balaban J connectivity index is 0.00000300. The van der Waals surface area contributed by atoms with Crippen molar-refractivity contribution < 1.29 is 14.3 Å². The lowest BCUT2D eigenvalue weighted by molar-refractivity contribution is -0.140. The molecule has 2 aliphatic rings. The number of likely N-dealkylation sites (tertiary alicyclic amines) is 1. The summed E-state index contributed by atoms with van der Waals surface area (Å²) in [7, 11) is 1.80. The molecular formula is C21H33IN4O3. The molecule has 29 heavy (non-hydrogen) atoms. The van der Waals surface area contributed by atoms with Crippen molar-refractivity contribution in [3.63, 3.8) is 0 Å². The zero-order chi connectivity index (χ0) is 19.8. The number of guanidine groups is 1. The van der Waals surface area contributed by atoms with E-state index in [0.717, 1.165) is 50.7 Å². The number of halogens is 1. The van der Waals surface area contributed by atoms with Crippen LogP contribution in [0.25, 0.3) is 0 Å². The van der Waals surface area contributed by atoms with Gasteiger partial charge in [0.05, 0.1) is 19.8 Å². The number of para-hydroxylation sites is 1. The Kier molecular flexibility index (Phi) is 9.99. The first-order valence-electron chi connectivity index (χ1n) is 10.2. The number of rotatable bonds is 5. The highest BCUT2D eigenvalue weighted by molar-refractivity contribution is 14.0. The first-order chi connectivity index (χ1) is 13.7. The van der Waals surface area contributed by atoms with Gasteiger partial charge < -0.3 is 24.6 Å². The summed E-state index contributed by atoms with van der Waals surface area (Å²) in [5, 5.41) is 3.41. The number of nitrogens with one attached hydrogen (secondary N) is 1. The van der Waals surface area contributed by atoms with Crippen LogP contribution in [0.15, 0.2) is 35.3 Å². The standard InChI is InChI=1S/C21H32N4O3.HI/c1-17(28-19-6-4-3-5-7-19)16-23-21(22-2)25-10-8-18(9-11-25)20(26)24-12-14-27-15-13-24;/h3-7,17-18H,8-16H2,1-2H3,(H,22,23);1H. The van der Waals surface area contributed by atoms with Crippen LogP contribution in [0.4, 0.5) is 0 Å². The summed E-state index contributed by atoms with van der Waals surface area (Å²) < 4.78 is 11.3. The summed E-state index contributed by atoms with van der Waals surface area (Å²) in [5.41, 5.74) is 0. The molecule has 0 spiro atoms. The SMILES string of the molecule is CN=C(NCC(C)Oc1ccccc1)N1CCC(C(=O)N2CCOCC2)CC1.I. The second-order valence-electron chi connectivity index (χ2n) is 7.37. The van der Waals surface area contributed by atoms with Gasteiger partial charge in [-0.05, 0) is 31.9 Å². The smallest absolute Gasteiger partial charge is 0.225 e. The number of aliphatic imine (C=N–C) groups is 1. The van der Waals surface area contributed by atoms with E-state index in [0.29, 0.717) is 19.8 Å². The van der Waals surface area contributed by atoms with Gasteiger partial charge in [-0.15, -0.1) is 24.0 Å². The van der Waals surface area contributed by atoms with Crippen molar-refractivity contribution in [2.24, 2.45) is 10.9 Å². The molecule has 2 fully saturated rings. The quantitative estimate of drug-likeness (QED) is 0.370. The predicted octanol–water partition coefficient (Wildman–Crippen LogP) is 2.22. The lowest BCUT2D eigenvalue weighted by Crippen LogP contribution is -2.50. The van der Waals surface area contributed by atoms with Gasteiger partial charge in [0.15, 0.2) is 5.96 Å². The van der Waals surface area contributed by atoms with Gasteiger partial charge in [0, 0.05) is 39.1 Å². The molecule has 2 saturated heterocycles. The molecule has 1 unspecified atom stereocenters. The average molecular weight is 516 g/mol. The maximum absolute atomic E-state index is 12.7. The summed E-state index contributed by atoms with van der Waals surface area (Å²) >= 11 is 0. The lowest BCUT2D eigenvalue weighted by atomic mass is 9.95. The van der Waals surface area contributed by atoms with Crippen molar-refractivity contribution in [1.82, 2.24) is 15.1 Å². The maximum Gasteiger partial charge on any atom is 0.225 e. The molecule has 1 atom stereocenters. The van der Waals surface area contributed by atoms with Crippen LogP contribution < -0.4 is 10.1 Å². The predicted molar refractivity (Wildman–Crippen MR) is 125 cm³/mol. The third-order valence-electron chi connectivity index (χ3n) is 5.31. The summed E-state index contributed by atoms with van der Waals surface area (Å²) in [5.74, 6) is 2.15. The van der Waals surface area contributed by atoms with Gasteiger partial charge in [-0.2, -0.15) is 0 Å². The molecule has 0 aromatic heterocycles. The Morgan fingerprint density at radius 1 is 1.17 bits per heavy atom. The number of piperidine rings is 1. The van der Waals surface area contributed by atoms with Gasteiger partial charge in [0.1, 0.15) is 11.9 Å². The number of amides is 1. The van der Waals surface area contributed by atoms with Crippen LogP contribution in [-0.2, 0) is 9.53 Å². The van der Waals surface area contributed by atoms with E-state index in [9.17, 15) is 4.79 Å². The number of carbonyl (C=O) groups is 1. The molecule has 2 heterocycles. The van der Waals surface area contributed by atoms with Gasteiger partial charge in [0.2, 0.25) is 5.91 Å². The first kappa shape index (κ1) is 23.7. The minimum absolute atomic E-state index is 0. The highest BCUT2D eigenvalue weighted by Crippen LogP contribution is 2.20. The fourth-order valence-corrected chi connectivity index (χ4v) is 3.72. The van der Waals surface area contributed by atoms with Gasteiger partial charge >= 0.3 is 0 Å². The Hall–Kier alpha value is -1.55. The molecule has 8 heteroatoms. The number of ether oxygens (including phenoxy) is 2. The molecular weight excluding hydrogens is 483 g/mol. The normalized spacial score (nSPS) is 19.3. The van der Waals surface area contributed by atoms with Crippen molar-refractivity contribution in [2.45, 2.75) is 25.9 Å². The van der Waals surface area contributed by atoms with Crippen LogP contribution >= 0.6 is 24.0 Å². The lowest BCUT2D eigenvalue weighted by Gasteiger charge is -2.37. The van der Waals surface area contributed by atoms with Crippen LogP contribution in [0.5, 0.6) is 5.75 Å². The Morgan fingerprint density at radius 3 is 2.45 bits per heavy atom. The number of benzene rings is 1. The highest BCUT2D eigenvalue weighted by Gasteiger charge is 2.30. The van der Waals surface area contributed by atoms with Crippen molar-refractivity contribution in [1.29, 1.82) is 0 Å². The minimum atomic E-state index is 0. The molecule has 7 nitrogen and oxygen atoms in total. The number of nitrogens with zero attached hydrogens (tertiary/aromatic N) is 3. The topological polar surface area (TPSA) is 66.4 Å². The molecule has 0 saturated carbocycles. The zero-order valence-electron chi connectivity index (χ0n) is 17.4. The summed E-state index contributed by atoms with van der Waals surface area (Å²) in [4.78, 5) is 21.3. The molecule has 2 aliphatic heterocycles. The highest BCUT2D eigenvalue weighted by atomic mass is 127. The van der Waals surface area contributed by atoms with Gasteiger partial charge in [-0.1, -0.05) is 18.2 Å². The van der Waals surface area contributed by atoms with Gasteiger partial charge in [-0.25, -0.2) is 0 Å². The van der Waals surface area contributed by atoms with E-state index in [1.54, 1.807) is 7.05 Å². The summed E-state index contributed by atoms with van der Waals surface area (Å²) in [6, 6.07) is 9.84. The third-order valence-corrected chi connectivity index (χ3v) is 5.31. The molecule has 1 aromatic carbocycles. The van der Waals surface area contributed by atoms with Crippen molar-refractivity contribution in [2.75, 3.05) is 53.0 Å². The van der Waals surface area contributed by atoms with E-state index >= 15 is 0 Å². The van der Waals surface area contributed by atoms with Crippen molar-refractivity contribution in [3.05, 3.63) is 30.3 Å². The van der Waals surface area contributed by atoms with E-state index in [4.69, 9.17) is 9.47 Å². The van der Waals surface area contributed by atoms with Gasteiger partial charge in [0.25, 0.3) is 0 Å². The van der Waals surface area contributed by atoms with Gasteiger partial charge in [-0.3, -0.25) is 9.79 Å². The molecule has 0 aliphatic carbocycles. The van der Waals surface area contributed by atoms with Crippen LogP contribution in [0.2, 0.25) is 0 Å². The molecule has 1 aromatic rings. The number of hydrogen-bond donors (Lipinski definition) is 1. The molecule has 1 amide bonds. The van der Waals surface area contributed by atoms with Crippen LogP contribution in [0.3, 0.4) is 0 Å².